The van der Waals surface area contributed by atoms with Gasteiger partial charge in [0, 0.05) is 11.1 Å². The van der Waals surface area contributed by atoms with Gasteiger partial charge in [0.15, 0.2) is 0 Å². The Bertz CT molecular complexity index is 408. The maximum Gasteiger partial charge on any atom is 0.142 e. The van der Waals surface area contributed by atoms with Gasteiger partial charge < -0.3 is 0 Å². The maximum atomic E-state index is 12.5. The van der Waals surface area contributed by atoms with Crippen LogP contribution in [0.15, 0.2) is 24.5 Å². The number of halogens is 1. The zero-order valence-electron chi connectivity index (χ0n) is 6.99. The van der Waals surface area contributed by atoms with Crippen molar-refractivity contribution < 1.29 is 4.39 Å². The van der Waals surface area contributed by atoms with Crippen molar-refractivity contribution in [1.29, 1.82) is 0 Å². The van der Waals surface area contributed by atoms with Crippen LogP contribution in [0.2, 0.25) is 0 Å². The van der Waals surface area contributed by atoms with Crippen LogP contribution in [-0.2, 0) is 0 Å². The average Bonchev–Trinajstić information content (AvgIpc) is 2.53. The fraction of sp³-hybridized carbons (Fsp3) is 0.111. The molecule has 0 fully saturated rings. The number of pyridine rings is 1. The quantitative estimate of drug-likeness (QED) is 0.697. The van der Waals surface area contributed by atoms with Crippen LogP contribution >= 0.6 is 11.3 Å². The van der Waals surface area contributed by atoms with Gasteiger partial charge in [0.05, 0.1) is 11.9 Å². The molecule has 13 heavy (non-hydrogen) atoms. The van der Waals surface area contributed by atoms with Gasteiger partial charge in [-0.2, -0.15) is 0 Å². The van der Waals surface area contributed by atoms with Crippen molar-refractivity contribution in [1.82, 2.24) is 9.97 Å². The smallest absolute Gasteiger partial charge is 0.142 e. The Morgan fingerprint density at radius 2 is 2.08 bits per heavy atom. The third kappa shape index (κ3) is 1.72. The summed E-state index contributed by atoms with van der Waals surface area (Å²) in [6.07, 6.45) is 2.98. The first-order chi connectivity index (χ1) is 6.25. The van der Waals surface area contributed by atoms with Crippen LogP contribution in [0.25, 0.3) is 10.7 Å². The molecule has 0 aromatic carbocycles. The van der Waals surface area contributed by atoms with Crippen molar-refractivity contribution in [3.63, 3.8) is 0 Å². The molecule has 0 aliphatic rings. The predicted octanol–water partition coefficient (Wildman–Crippen LogP) is 2.65. The zero-order chi connectivity index (χ0) is 9.26. The summed E-state index contributed by atoms with van der Waals surface area (Å²) >= 11 is 1.55. The fourth-order valence-corrected chi connectivity index (χ4v) is 1.72. The van der Waals surface area contributed by atoms with E-state index >= 15 is 0 Å². The number of aromatic nitrogens is 2. The summed E-state index contributed by atoms with van der Waals surface area (Å²) < 4.78 is 12.5. The van der Waals surface area contributed by atoms with Crippen LogP contribution in [-0.4, -0.2) is 9.97 Å². The minimum atomic E-state index is -0.322. The topological polar surface area (TPSA) is 25.8 Å². The van der Waals surface area contributed by atoms with E-state index in [1.807, 2.05) is 6.92 Å². The molecule has 2 heterocycles. The van der Waals surface area contributed by atoms with E-state index in [1.165, 1.54) is 12.3 Å². The fourth-order valence-electron chi connectivity index (χ4n) is 0.975. The summed E-state index contributed by atoms with van der Waals surface area (Å²) in [5.41, 5.74) is 0.722. The molecule has 0 bridgehead atoms. The van der Waals surface area contributed by atoms with Crippen LogP contribution in [0, 0.1) is 12.7 Å². The van der Waals surface area contributed by atoms with Gasteiger partial charge in [-0.15, -0.1) is 11.3 Å². The molecule has 0 saturated heterocycles. The molecule has 0 aliphatic carbocycles. The third-order valence-corrected chi connectivity index (χ3v) is 2.50. The molecule has 4 heteroatoms. The largest absolute Gasteiger partial charge is 0.251 e. The lowest BCUT2D eigenvalue weighted by Gasteiger charge is -1.93. The minimum Gasteiger partial charge on any atom is -0.251 e. The molecule has 0 radical (unpaired) electrons. The second kappa shape index (κ2) is 3.22. The predicted molar refractivity (Wildman–Crippen MR) is 50.0 cm³/mol. The van der Waals surface area contributed by atoms with Gasteiger partial charge in [0.1, 0.15) is 10.8 Å². The lowest BCUT2D eigenvalue weighted by Crippen LogP contribution is -1.82. The Hall–Kier alpha value is -1.29. The standard InChI is InChI=1S/C9H7FN2S/c1-6-4-12-9(13-6)8-3-2-7(10)5-11-8/h2-5H,1H3. The molecule has 2 aromatic rings. The van der Waals surface area contributed by atoms with E-state index in [2.05, 4.69) is 9.97 Å². The van der Waals surface area contributed by atoms with Gasteiger partial charge in [0.2, 0.25) is 0 Å². The lowest BCUT2D eigenvalue weighted by molar-refractivity contribution is 0.622. The maximum absolute atomic E-state index is 12.5. The summed E-state index contributed by atoms with van der Waals surface area (Å²) in [5, 5.41) is 0.831. The third-order valence-electron chi connectivity index (χ3n) is 1.57. The second-order valence-electron chi connectivity index (χ2n) is 2.64. The van der Waals surface area contributed by atoms with E-state index in [4.69, 9.17) is 0 Å². The van der Waals surface area contributed by atoms with Crippen LogP contribution in [0.5, 0.6) is 0 Å². The highest BCUT2D eigenvalue weighted by atomic mass is 32.1. The Morgan fingerprint density at radius 3 is 2.62 bits per heavy atom. The molecule has 2 rings (SSSR count). The molecule has 2 aromatic heterocycles. The number of hydrogen-bond acceptors (Lipinski definition) is 3. The monoisotopic (exact) mass is 194 g/mol. The van der Waals surface area contributed by atoms with E-state index < -0.39 is 0 Å². The normalized spacial score (nSPS) is 10.3. The van der Waals surface area contributed by atoms with Crippen molar-refractivity contribution in [2.45, 2.75) is 6.92 Å². The molecule has 0 spiro atoms. The number of thiazole rings is 1. The zero-order valence-corrected chi connectivity index (χ0v) is 7.81. The summed E-state index contributed by atoms with van der Waals surface area (Å²) in [4.78, 5) is 9.21. The Labute approximate surface area is 79.1 Å². The molecule has 0 unspecified atom stereocenters. The van der Waals surface area contributed by atoms with E-state index in [9.17, 15) is 4.39 Å². The molecule has 0 saturated carbocycles. The summed E-state index contributed by atoms with van der Waals surface area (Å²) in [5.74, 6) is -0.322. The van der Waals surface area contributed by atoms with E-state index in [0.717, 1.165) is 15.6 Å². The van der Waals surface area contributed by atoms with Gasteiger partial charge in [0.25, 0.3) is 0 Å². The number of hydrogen-bond donors (Lipinski definition) is 0. The highest BCUT2D eigenvalue weighted by molar-refractivity contribution is 7.14. The van der Waals surface area contributed by atoms with Crippen LogP contribution in [0.4, 0.5) is 4.39 Å². The van der Waals surface area contributed by atoms with E-state index in [0.29, 0.717) is 0 Å². The SMILES string of the molecule is Cc1cnc(-c2ccc(F)cn2)s1. The first-order valence-electron chi connectivity index (χ1n) is 3.80. The number of nitrogens with zero attached hydrogens (tertiary/aromatic N) is 2. The summed E-state index contributed by atoms with van der Waals surface area (Å²) in [7, 11) is 0. The Balaban J connectivity index is 2.41. The summed E-state index contributed by atoms with van der Waals surface area (Å²) in [6, 6.07) is 3.02. The second-order valence-corrected chi connectivity index (χ2v) is 3.87. The van der Waals surface area contributed by atoms with E-state index in [-0.39, 0.29) is 5.82 Å². The van der Waals surface area contributed by atoms with Crippen molar-refractivity contribution in [3.05, 3.63) is 35.2 Å². The molecule has 0 aliphatic heterocycles. The highest BCUT2D eigenvalue weighted by Gasteiger charge is 2.03. The molecular formula is C9H7FN2S. The Morgan fingerprint density at radius 1 is 1.23 bits per heavy atom. The van der Waals surface area contributed by atoms with Crippen molar-refractivity contribution in [2.75, 3.05) is 0 Å². The lowest BCUT2D eigenvalue weighted by atomic mass is 10.3. The molecule has 0 amide bonds. The first kappa shape index (κ1) is 8.31. The molecule has 2 nitrogen and oxygen atoms in total. The van der Waals surface area contributed by atoms with Crippen molar-refractivity contribution >= 4 is 11.3 Å². The average molecular weight is 194 g/mol. The van der Waals surface area contributed by atoms with Gasteiger partial charge in [-0.05, 0) is 19.1 Å². The van der Waals surface area contributed by atoms with Crippen molar-refractivity contribution in [2.24, 2.45) is 0 Å². The van der Waals surface area contributed by atoms with Crippen LogP contribution in [0.1, 0.15) is 4.88 Å². The van der Waals surface area contributed by atoms with Gasteiger partial charge >= 0.3 is 0 Å². The van der Waals surface area contributed by atoms with Gasteiger partial charge in [-0.25, -0.2) is 9.37 Å². The first-order valence-corrected chi connectivity index (χ1v) is 4.62. The van der Waals surface area contributed by atoms with Gasteiger partial charge in [-0.1, -0.05) is 0 Å². The molecule has 0 atom stereocenters. The van der Waals surface area contributed by atoms with Crippen molar-refractivity contribution in [3.8, 4) is 10.7 Å². The number of rotatable bonds is 1. The van der Waals surface area contributed by atoms with Crippen LogP contribution in [0.3, 0.4) is 0 Å². The highest BCUT2D eigenvalue weighted by Crippen LogP contribution is 2.22. The summed E-state index contributed by atoms with van der Waals surface area (Å²) in [6.45, 7) is 1.98. The van der Waals surface area contributed by atoms with E-state index in [1.54, 1.807) is 23.6 Å². The molecular weight excluding hydrogens is 187 g/mol. The molecule has 0 N–H and O–H groups in total. The number of aryl methyl sites for hydroxylation is 1. The van der Waals surface area contributed by atoms with Crippen LogP contribution < -0.4 is 0 Å². The molecule has 66 valence electrons. The Kier molecular flexibility index (Phi) is 2.06. The van der Waals surface area contributed by atoms with Gasteiger partial charge in [-0.3, -0.25) is 4.98 Å². The minimum absolute atomic E-state index is 0.322.